The van der Waals surface area contributed by atoms with Crippen LogP contribution in [0.15, 0.2) is 12.1 Å². The normalized spacial score (nSPS) is 8.54. The van der Waals surface area contributed by atoms with Crippen LogP contribution >= 0.6 is 0 Å². The van der Waals surface area contributed by atoms with Crippen LogP contribution < -0.4 is 33.1 Å². The number of hydrogen-bond acceptors (Lipinski definition) is 3. The molecule has 0 aliphatic rings. The Balaban J connectivity index is 0.00000144. The molecule has 3 nitrogen and oxygen atoms in total. The van der Waals surface area contributed by atoms with E-state index < -0.39 is 0 Å². The van der Waals surface area contributed by atoms with Crippen molar-refractivity contribution < 1.29 is 33.1 Å². The first-order chi connectivity index (χ1) is 5.81. The Bertz CT molecular complexity index is 263. The molecule has 1 aromatic carbocycles. The summed E-state index contributed by atoms with van der Waals surface area (Å²) in [5.41, 5.74) is 0. The molecule has 0 aromatic heterocycles. The summed E-state index contributed by atoms with van der Waals surface area (Å²) in [7, 11) is 4.74. The quantitative estimate of drug-likeness (QED) is 0.413. The summed E-state index contributed by atoms with van der Waals surface area (Å²) in [4.78, 5) is 0. The Morgan fingerprint density at radius 3 is 2.23 bits per heavy atom. The molecule has 0 radical (unpaired) electrons. The standard InChI is InChI=1S/C9H11O3.Li/c1-10-7-4-5-8(11-2)9(6-7)12-3;/h4,6H,1-3H3;/q-1;+1. The van der Waals surface area contributed by atoms with E-state index in [1.54, 1.807) is 33.5 Å². The summed E-state index contributed by atoms with van der Waals surface area (Å²) in [6.45, 7) is 0. The van der Waals surface area contributed by atoms with Gasteiger partial charge in [0.1, 0.15) is 0 Å². The van der Waals surface area contributed by atoms with Gasteiger partial charge >= 0.3 is 18.9 Å². The van der Waals surface area contributed by atoms with Crippen molar-refractivity contribution in [2.45, 2.75) is 0 Å². The number of methoxy groups -OCH3 is 3. The Hall–Kier alpha value is -0.783. The summed E-state index contributed by atoms with van der Waals surface area (Å²) < 4.78 is 15.0. The summed E-state index contributed by atoms with van der Waals surface area (Å²) in [6, 6.07) is 6.33. The van der Waals surface area contributed by atoms with Crippen molar-refractivity contribution in [3.63, 3.8) is 0 Å². The van der Waals surface area contributed by atoms with Gasteiger partial charge in [-0.2, -0.15) is 0 Å². The maximum absolute atomic E-state index is 5.04. The van der Waals surface area contributed by atoms with Crippen LogP contribution in [0.5, 0.6) is 17.2 Å². The SMILES string of the molecule is COc1c[c-]c(OC)c(OC)c1.[Li+]. The zero-order chi connectivity index (χ0) is 8.97. The smallest absolute Gasteiger partial charge is 0.554 e. The van der Waals surface area contributed by atoms with Gasteiger partial charge in [-0.3, -0.25) is 0 Å². The van der Waals surface area contributed by atoms with Gasteiger partial charge in [0, 0.05) is 11.5 Å². The molecule has 0 amide bonds. The van der Waals surface area contributed by atoms with Crippen molar-refractivity contribution in [1.82, 2.24) is 0 Å². The van der Waals surface area contributed by atoms with Crippen LogP contribution in [0.3, 0.4) is 0 Å². The minimum absolute atomic E-state index is 0. The van der Waals surface area contributed by atoms with Crippen LogP contribution in [0.1, 0.15) is 0 Å². The molecule has 1 rings (SSSR count). The first-order valence-electron chi connectivity index (χ1n) is 3.49. The van der Waals surface area contributed by atoms with E-state index in [4.69, 9.17) is 14.2 Å². The second-order valence-corrected chi connectivity index (χ2v) is 2.14. The zero-order valence-corrected chi connectivity index (χ0v) is 8.38. The van der Waals surface area contributed by atoms with E-state index in [9.17, 15) is 0 Å². The van der Waals surface area contributed by atoms with Crippen LogP contribution in [0.4, 0.5) is 0 Å². The molecular weight excluding hydrogens is 163 g/mol. The molecule has 1 aromatic rings. The topological polar surface area (TPSA) is 27.7 Å². The van der Waals surface area contributed by atoms with Gasteiger partial charge in [-0.15, -0.1) is 12.1 Å². The van der Waals surface area contributed by atoms with E-state index in [0.717, 1.165) is 0 Å². The first kappa shape index (κ1) is 12.2. The molecule has 0 unspecified atom stereocenters. The second-order valence-electron chi connectivity index (χ2n) is 2.14. The molecule has 13 heavy (non-hydrogen) atoms. The van der Waals surface area contributed by atoms with Crippen molar-refractivity contribution in [3.05, 3.63) is 18.2 Å². The molecule has 0 fully saturated rings. The third-order valence-electron chi connectivity index (χ3n) is 1.50. The van der Waals surface area contributed by atoms with E-state index in [0.29, 0.717) is 17.2 Å². The molecule has 0 atom stereocenters. The average molecular weight is 174 g/mol. The van der Waals surface area contributed by atoms with Crippen LogP contribution in [-0.2, 0) is 0 Å². The fraction of sp³-hybridized carbons (Fsp3) is 0.333. The molecule has 0 saturated carbocycles. The minimum atomic E-state index is 0. The van der Waals surface area contributed by atoms with Crippen LogP contribution in [0.2, 0.25) is 0 Å². The van der Waals surface area contributed by atoms with Gasteiger partial charge < -0.3 is 14.2 Å². The summed E-state index contributed by atoms with van der Waals surface area (Å²) in [5.74, 6) is 1.91. The molecule has 66 valence electrons. The van der Waals surface area contributed by atoms with Crippen molar-refractivity contribution in [1.29, 1.82) is 0 Å². The van der Waals surface area contributed by atoms with Gasteiger partial charge in [-0.25, -0.2) is 0 Å². The molecule has 0 heterocycles. The maximum atomic E-state index is 5.04. The second kappa shape index (κ2) is 5.79. The fourth-order valence-electron chi connectivity index (χ4n) is 0.873. The molecule has 0 N–H and O–H groups in total. The van der Waals surface area contributed by atoms with E-state index >= 15 is 0 Å². The Morgan fingerprint density at radius 2 is 1.77 bits per heavy atom. The number of hydrogen-bond donors (Lipinski definition) is 0. The molecule has 0 aliphatic carbocycles. The Kier molecular flexibility index (Phi) is 5.44. The average Bonchev–Trinajstić information content (AvgIpc) is 2.16. The van der Waals surface area contributed by atoms with E-state index in [2.05, 4.69) is 6.07 Å². The Labute approximate surface area is 90.2 Å². The number of ether oxygens (including phenoxy) is 3. The van der Waals surface area contributed by atoms with Gasteiger partial charge in [-0.1, -0.05) is 6.07 Å². The minimum Gasteiger partial charge on any atom is -0.554 e. The van der Waals surface area contributed by atoms with Crippen LogP contribution in [-0.4, -0.2) is 21.3 Å². The third kappa shape index (κ3) is 2.87. The van der Waals surface area contributed by atoms with Gasteiger partial charge in [0.2, 0.25) is 0 Å². The first-order valence-corrected chi connectivity index (χ1v) is 3.49. The number of benzene rings is 1. The molecular formula is C9H11LiO3. The largest absolute Gasteiger partial charge is 1.00 e. The molecule has 0 bridgehead atoms. The maximum Gasteiger partial charge on any atom is 1.00 e. The predicted octanol–water partition coefficient (Wildman–Crippen LogP) is -1.48. The third-order valence-corrected chi connectivity index (χ3v) is 1.50. The Morgan fingerprint density at radius 1 is 1.08 bits per heavy atom. The van der Waals surface area contributed by atoms with Crippen molar-refractivity contribution in [2.24, 2.45) is 0 Å². The zero-order valence-electron chi connectivity index (χ0n) is 8.38. The van der Waals surface area contributed by atoms with Gasteiger partial charge in [-0.05, 0) is 0 Å². The van der Waals surface area contributed by atoms with Crippen molar-refractivity contribution in [3.8, 4) is 17.2 Å². The summed E-state index contributed by atoms with van der Waals surface area (Å²) in [6.07, 6.45) is 0. The fourth-order valence-corrected chi connectivity index (χ4v) is 0.873. The molecule has 0 saturated heterocycles. The molecule has 0 aliphatic heterocycles. The van der Waals surface area contributed by atoms with Gasteiger partial charge in [0.25, 0.3) is 0 Å². The van der Waals surface area contributed by atoms with E-state index in [-0.39, 0.29) is 18.9 Å². The molecule has 4 heteroatoms. The van der Waals surface area contributed by atoms with Gasteiger partial charge in [0.15, 0.2) is 0 Å². The predicted molar refractivity (Wildman–Crippen MR) is 44.9 cm³/mol. The van der Waals surface area contributed by atoms with E-state index in [1.165, 1.54) is 0 Å². The monoisotopic (exact) mass is 174 g/mol. The van der Waals surface area contributed by atoms with Crippen molar-refractivity contribution in [2.75, 3.05) is 21.3 Å². The summed E-state index contributed by atoms with van der Waals surface area (Å²) >= 11 is 0. The molecule has 0 spiro atoms. The van der Waals surface area contributed by atoms with Crippen molar-refractivity contribution >= 4 is 0 Å². The summed E-state index contributed by atoms with van der Waals surface area (Å²) in [5, 5.41) is 0. The van der Waals surface area contributed by atoms with E-state index in [1.807, 2.05) is 0 Å². The van der Waals surface area contributed by atoms with Crippen LogP contribution in [0.25, 0.3) is 0 Å². The van der Waals surface area contributed by atoms with Gasteiger partial charge in [0.05, 0.1) is 27.1 Å². The van der Waals surface area contributed by atoms with Crippen LogP contribution in [0, 0.1) is 6.07 Å². The number of rotatable bonds is 3.